The van der Waals surface area contributed by atoms with Crippen molar-refractivity contribution < 1.29 is 17.9 Å². The van der Waals surface area contributed by atoms with Crippen LogP contribution in [-0.4, -0.2) is 21.5 Å². The molecule has 3 aromatic carbocycles. The zero-order valence-electron chi connectivity index (χ0n) is 18.4. The Morgan fingerprint density at radius 2 is 1.88 bits per heavy atom. The van der Waals surface area contributed by atoms with Gasteiger partial charge in [0, 0.05) is 21.8 Å². The number of methoxy groups -OCH3 is 1. The van der Waals surface area contributed by atoms with Gasteiger partial charge in [-0.1, -0.05) is 46.3 Å². The number of halogens is 1. The number of hydrogen-bond donors (Lipinski definition) is 2. The van der Waals surface area contributed by atoms with Crippen molar-refractivity contribution in [3.63, 3.8) is 0 Å². The first-order valence-corrected chi connectivity index (χ1v) is 13.2. The number of ether oxygens (including phenoxy) is 1. The molecule has 0 saturated carbocycles. The van der Waals surface area contributed by atoms with Gasteiger partial charge in [0.25, 0.3) is 10.0 Å². The van der Waals surface area contributed by atoms with E-state index in [4.69, 9.17) is 4.74 Å². The van der Waals surface area contributed by atoms with Gasteiger partial charge in [-0.2, -0.15) is 0 Å². The molecular formula is C26H23BrN2O4S. The van der Waals surface area contributed by atoms with Crippen LogP contribution in [0.15, 0.2) is 88.3 Å². The number of allylic oxidation sites excluding steroid dienone is 2. The molecule has 2 aliphatic rings. The SMILES string of the molecule is COC(=O)c1ccc([C@H]2Nc3ccc(S(=O)(=O)Nc4cccc(Br)c4)cc3[C@H]3C=CC[C@H]32)cc1. The van der Waals surface area contributed by atoms with Gasteiger partial charge in [-0.25, -0.2) is 13.2 Å². The minimum Gasteiger partial charge on any atom is -0.465 e. The number of hydrogen-bond acceptors (Lipinski definition) is 5. The van der Waals surface area contributed by atoms with Gasteiger partial charge in [0.1, 0.15) is 0 Å². The first kappa shape index (κ1) is 22.7. The molecular weight excluding hydrogens is 516 g/mol. The van der Waals surface area contributed by atoms with Gasteiger partial charge >= 0.3 is 5.97 Å². The summed E-state index contributed by atoms with van der Waals surface area (Å²) >= 11 is 3.37. The van der Waals surface area contributed by atoms with Crippen molar-refractivity contribution in [1.82, 2.24) is 0 Å². The van der Waals surface area contributed by atoms with Crippen LogP contribution >= 0.6 is 15.9 Å². The predicted molar refractivity (Wildman–Crippen MR) is 136 cm³/mol. The van der Waals surface area contributed by atoms with Crippen LogP contribution in [0.2, 0.25) is 0 Å². The average molecular weight is 539 g/mol. The first-order chi connectivity index (χ1) is 16.4. The molecule has 0 saturated heterocycles. The summed E-state index contributed by atoms with van der Waals surface area (Å²) in [7, 11) is -2.37. The molecule has 0 unspecified atom stereocenters. The van der Waals surface area contributed by atoms with Gasteiger partial charge in [0.15, 0.2) is 0 Å². The van der Waals surface area contributed by atoms with Crippen LogP contribution < -0.4 is 10.0 Å². The van der Waals surface area contributed by atoms with Crippen molar-refractivity contribution >= 4 is 43.3 Å². The molecule has 34 heavy (non-hydrogen) atoms. The molecule has 0 amide bonds. The Bertz CT molecular complexity index is 1390. The van der Waals surface area contributed by atoms with Gasteiger partial charge < -0.3 is 10.1 Å². The third kappa shape index (κ3) is 4.23. The Kier molecular flexibility index (Phi) is 5.95. The fraction of sp³-hybridized carbons (Fsp3) is 0.192. The summed E-state index contributed by atoms with van der Waals surface area (Å²) in [6.07, 6.45) is 5.20. The third-order valence-electron chi connectivity index (χ3n) is 6.41. The van der Waals surface area contributed by atoms with E-state index in [1.165, 1.54) is 7.11 Å². The van der Waals surface area contributed by atoms with Crippen molar-refractivity contribution in [2.75, 3.05) is 17.1 Å². The molecule has 174 valence electrons. The van der Waals surface area contributed by atoms with Crippen molar-refractivity contribution in [1.29, 1.82) is 0 Å². The second kappa shape index (κ2) is 8.92. The van der Waals surface area contributed by atoms with Crippen molar-refractivity contribution in [2.24, 2.45) is 5.92 Å². The summed E-state index contributed by atoms with van der Waals surface area (Å²) in [6, 6.07) is 19.8. The number of esters is 1. The number of benzene rings is 3. The van der Waals surface area contributed by atoms with E-state index in [9.17, 15) is 13.2 Å². The molecule has 1 aliphatic carbocycles. The molecule has 3 aromatic rings. The Morgan fingerprint density at radius 1 is 1.09 bits per heavy atom. The minimum atomic E-state index is -3.74. The molecule has 1 heterocycles. The van der Waals surface area contributed by atoms with Crippen LogP contribution in [0, 0.1) is 5.92 Å². The van der Waals surface area contributed by atoms with E-state index in [0.717, 1.165) is 27.7 Å². The summed E-state index contributed by atoms with van der Waals surface area (Å²) in [4.78, 5) is 12.0. The fourth-order valence-electron chi connectivity index (χ4n) is 4.78. The molecule has 0 fully saturated rings. The first-order valence-electron chi connectivity index (χ1n) is 10.9. The number of carbonyl (C=O) groups is 1. The Balaban J connectivity index is 1.45. The highest BCUT2D eigenvalue weighted by molar-refractivity contribution is 9.10. The number of anilines is 2. The average Bonchev–Trinajstić information content (AvgIpc) is 3.33. The summed E-state index contributed by atoms with van der Waals surface area (Å²) in [6.45, 7) is 0. The summed E-state index contributed by atoms with van der Waals surface area (Å²) in [5.74, 6) is -0.0193. The van der Waals surface area contributed by atoms with Crippen LogP contribution in [-0.2, 0) is 14.8 Å². The summed E-state index contributed by atoms with van der Waals surface area (Å²) in [5.41, 5.74) is 3.97. The highest BCUT2D eigenvalue weighted by Crippen LogP contribution is 2.50. The van der Waals surface area contributed by atoms with Gasteiger partial charge in [-0.05, 0) is 72.0 Å². The maximum atomic E-state index is 13.1. The van der Waals surface area contributed by atoms with E-state index in [1.54, 1.807) is 42.5 Å². The maximum absolute atomic E-state index is 13.1. The van der Waals surface area contributed by atoms with Crippen LogP contribution in [0.4, 0.5) is 11.4 Å². The van der Waals surface area contributed by atoms with Crippen LogP contribution in [0.5, 0.6) is 0 Å². The lowest BCUT2D eigenvalue weighted by molar-refractivity contribution is 0.0600. The highest BCUT2D eigenvalue weighted by atomic mass is 79.9. The highest BCUT2D eigenvalue weighted by Gasteiger charge is 2.38. The molecule has 0 spiro atoms. The second-order valence-corrected chi connectivity index (χ2v) is 11.1. The Hall–Kier alpha value is -3.10. The Labute approximate surface area is 207 Å². The lowest BCUT2D eigenvalue weighted by Crippen LogP contribution is -2.29. The van der Waals surface area contributed by atoms with Crippen LogP contribution in [0.1, 0.15) is 39.9 Å². The summed E-state index contributed by atoms with van der Waals surface area (Å²) in [5, 5.41) is 3.61. The lowest BCUT2D eigenvalue weighted by Gasteiger charge is -2.37. The predicted octanol–water partition coefficient (Wildman–Crippen LogP) is 5.86. The van der Waals surface area contributed by atoms with E-state index >= 15 is 0 Å². The molecule has 8 heteroatoms. The normalized spacial score (nSPS) is 20.7. The molecule has 3 atom stereocenters. The van der Waals surface area contributed by atoms with Gasteiger partial charge in [-0.15, -0.1) is 0 Å². The van der Waals surface area contributed by atoms with Gasteiger partial charge in [-0.3, -0.25) is 4.72 Å². The second-order valence-electron chi connectivity index (χ2n) is 8.45. The zero-order valence-corrected chi connectivity index (χ0v) is 20.8. The maximum Gasteiger partial charge on any atom is 0.337 e. The number of nitrogens with one attached hydrogen (secondary N) is 2. The van der Waals surface area contributed by atoms with Crippen LogP contribution in [0.3, 0.4) is 0 Å². The minimum absolute atomic E-state index is 0.0430. The van der Waals surface area contributed by atoms with E-state index in [1.807, 2.05) is 24.3 Å². The smallest absolute Gasteiger partial charge is 0.337 e. The standard InChI is InChI=1S/C26H23BrN2O4S/c1-33-26(30)17-10-8-16(9-11-17)25-22-7-3-6-21(22)23-15-20(12-13-24(23)28-25)34(31,32)29-19-5-2-4-18(27)14-19/h2-6,8-15,21-22,25,28-29H,7H2,1H3/t21-,22+,25+/m0/s1. The molecule has 0 radical (unpaired) electrons. The zero-order chi connectivity index (χ0) is 23.9. The van der Waals surface area contributed by atoms with Gasteiger partial charge in [0.05, 0.1) is 23.6 Å². The van der Waals surface area contributed by atoms with Crippen molar-refractivity contribution in [2.45, 2.75) is 23.3 Å². The third-order valence-corrected chi connectivity index (χ3v) is 8.28. The summed E-state index contributed by atoms with van der Waals surface area (Å²) < 4.78 is 34.4. The Morgan fingerprint density at radius 3 is 2.62 bits per heavy atom. The van der Waals surface area contributed by atoms with Gasteiger partial charge in [0.2, 0.25) is 0 Å². The molecule has 0 aromatic heterocycles. The quantitative estimate of drug-likeness (QED) is 0.313. The van der Waals surface area contributed by atoms with Crippen molar-refractivity contribution in [3.05, 3.63) is 100 Å². The van der Waals surface area contributed by atoms with E-state index < -0.39 is 10.0 Å². The van der Waals surface area contributed by atoms with E-state index in [2.05, 4.69) is 38.1 Å². The van der Waals surface area contributed by atoms with Crippen LogP contribution in [0.25, 0.3) is 0 Å². The molecule has 5 rings (SSSR count). The topological polar surface area (TPSA) is 84.5 Å². The van der Waals surface area contributed by atoms with E-state index in [-0.39, 0.29) is 28.7 Å². The molecule has 6 nitrogen and oxygen atoms in total. The molecule has 0 bridgehead atoms. The number of rotatable bonds is 5. The molecule has 1 aliphatic heterocycles. The monoisotopic (exact) mass is 538 g/mol. The molecule has 2 N–H and O–H groups in total. The number of carbonyl (C=O) groups excluding carboxylic acids is 1. The van der Waals surface area contributed by atoms with Crippen molar-refractivity contribution in [3.8, 4) is 0 Å². The lowest BCUT2D eigenvalue weighted by atomic mass is 9.77. The largest absolute Gasteiger partial charge is 0.465 e. The fourth-order valence-corrected chi connectivity index (χ4v) is 6.26. The number of fused-ring (bicyclic) bond motifs is 3. The van der Waals surface area contributed by atoms with E-state index in [0.29, 0.717) is 11.3 Å². The number of sulfonamides is 1.